The van der Waals surface area contributed by atoms with E-state index < -0.39 is 5.91 Å². The predicted molar refractivity (Wildman–Crippen MR) is 77.1 cm³/mol. The summed E-state index contributed by atoms with van der Waals surface area (Å²) in [5, 5.41) is 4.78. The lowest BCUT2D eigenvalue weighted by atomic mass is 10.2. The lowest BCUT2D eigenvalue weighted by molar-refractivity contribution is 0.100. The molecule has 1 aliphatic rings. The van der Waals surface area contributed by atoms with E-state index in [2.05, 4.69) is 24.2 Å². The van der Waals surface area contributed by atoms with Crippen molar-refractivity contribution >= 4 is 28.5 Å². The second-order valence-electron chi connectivity index (χ2n) is 4.51. The summed E-state index contributed by atoms with van der Waals surface area (Å²) in [6.45, 7) is 4.32. The van der Waals surface area contributed by atoms with E-state index in [0.29, 0.717) is 16.9 Å². The highest BCUT2D eigenvalue weighted by molar-refractivity contribution is 8.14. The molecular weight excluding hydrogens is 246 g/mol. The number of carbonyl (C=O) groups excluding carboxylic acids is 1. The third-order valence-electron chi connectivity index (χ3n) is 2.74. The average Bonchev–Trinajstić information content (AvgIpc) is 2.28. The Labute approximate surface area is 111 Å². The van der Waals surface area contributed by atoms with Crippen molar-refractivity contribution < 1.29 is 4.79 Å². The van der Waals surface area contributed by atoms with Crippen molar-refractivity contribution in [2.45, 2.75) is 31.6 Å². The van der Waals surface area contributed by atoms with E-state index in [1.807, 2.05) is 12.1 Å². The number of nitrogens with zero attached hydrogens (tertiary/aromatic N) is 1. The normalized spacial score (nSPS) is 23.3. The third-order valence-corrected chi connectivity index (χ3v) is 3.77. The lowest BCUT2D eigenvalue weighted by Gasteiger charge is -2.23. The van der Waals surface area contributed by atoms with Gasteiger partial charge in [0.05, 0.1) is 6.04 Å². The van der Waals surface area contributed by atoms with Crippen molar-refractivity contribution in [3.05, 3.63) is 29.8 Å². The van der Waals surface area contributed by atoms with Gasteiger partial charge in [0.1, 0.15) is 0 Å². The summed E-state index contributed by atoms with van der Waals surface area (Å²) in [5.74, 6) is -0.409. The highest BCUT2D eigenvalue weighted by atomic mass is 32.2. The molecule has 0 saturated heterocycles. The van der Waals surface area contributed by atoms with Crippen molar-refractivity contribution in [3.63, 3.8) is 0 Å². The molecule has 1 aromatic carbocycles. The van der Waals surface area contributed by atoms with E-state index in [0.717, 1.165) is 17.3 Å². The minimum atomic E-state index is -0.409. The highest BCUT2D eigenvalue weighted by Crippen LogP contribution is 2.26. The summed E-state index contributed by atoms with van der Waals surface area (Å²) in [5.41, 5.74) is 6.64. The second kappa shape index (κ2) is 5.44. The molecule has 0 radical (unpaired) electrons. The smallest absolute Gasteiger partial charge is 0.248 e. The first kappa shape index (κ1) is 13.0. The number of benzene rings is 1. The summed E-state index contributed by atoms with van der Waals surface area (Å²) >= 11 is 1.74. The van der Waals surface area contributed by atoms with Crippen LogP contribution < -0.4 is 11.1 Å². The molecule has 3 N–H and O–H groups in total. The van der Waals surface area contributed by atoms with Gasteiger partial charge >= 0.3 is 0 Å². The van der Waals surface area contributed by atoms with Crippen molar-refractivity contribution in [1.82, 2.24) is 0 Å². The molecule has 2 rings (SSSR count). The van der Waals surface area contributed by atoms with Crippen LogP contribution in [0.4, 0.5) is 5.69 Å². The Kier molecular flexibility index (Phi) is 3.91. The first-order chi connectivity index (χ1) is 8.54. The number of nitrogens with two attached hydrogens (primary N) is 1. The van der Waals surface area contributed by atoms with Crippen LogP contribution in [0.5, 0.6) is 0 Å². The largest absolute Gasteiger partial charge is 0.366 e. The van der Waals surface area contributed by atoms with Gasteiger partial charge in [0, 0.05) is 16.5 Å². The molecule has 0 spiro atoms. The molecule has 1 aliphatic heterocycles. The summed E-state index contributed by atoms with van der Waals surface area (Å²) in [4.78, 5) is 15.5. The fraction of sp³-hybridized carbons (Fsp3) is 0.385. The number of carbonyl (C=O) groups is 1. The van der Waals surface area contributed by atoms with E-state index in [4.69, 9.17) is 5.73 Å². The topological polar surface area (TPSA) is 67.5 Å². The van der Waals surface area contributed by atoms with Crippen LogP contribution in [0.1, 0.15) is 30.6 Å². The number of nitrogens with one attached hydrogen (secondary N) is 1. The minimum Gasteiger partial charge on any atom is -0.366 e. The van der Waals surface area contributed by atoms with Gasteiger partial charge in [0.15, 0.2) is 5.17 Å². The van der Waals surface area contributed by atoms with Crippen LogP contribution in [0.25, 0.3) is 0 Å². The summed E-state index contributed by atoms with van der Waals surface area (Å²) in [6, 6.07) is 7.46. The summed E-state index contributed by atoms with van der Waals surface area (Å²) < 4.78 is 0. The Morgan fingerprint density at radius 1 is 1.39 bits per heavy atom. The number of aliphatic imine (C=N–C) groups is 1. The Morgan fingerprint density at radius 3 is 2.61 bits per heavy atom. The van der Waals surface area contributed by atoms with Crippen LogP contribution in [0.3, 0.4) is 0 Å². The van der Waals surface area contributed by atoms with Crippen LogP contribution in [0.2, 0.25) is 0 Å². The zero-order valence-corrected chi connectivity index (χ0v) is 11.3. The maximum absolute atomic E-state index is 11.0. The van der Waals surface area contributed by atoms with Crippen LogP contribution in [0, 0.1) is 0 Å². The van der Waals surface area contributed by atoms with Crippen molar-refractivity contribution in [3.8, 4) is 0 Å². The zero-order valence-electron chi connectivity index (χ0n) is 10.5. The second-order valence-corrected chi connectivity index (χ2v) is 5.94. The van der Waals surface area contributed by atoms with Crippen molar-refractivity contribution in [2.75, 3.05) is 5.32 Å². The summed E-state index contributed by atoms with van der Waals surface area (Å²) in [6.07, 6.45) is 1.11. The van der Waals surface area contributed by atoms with Gasteiger partial charge in [0.2, 0.25) is 5.91 Å². The molecule has 1 amide bonds. The molecule has 0 bridgehead atoms. The fourth-order valence-corrected chi connectivity index (χ4v) is 3.08. The number of primary amides is 1. The van der Waals surface area contributed by atoms with Gasteiger partial charge in [-0.3, -0.25) is 9.79 Å². The quantitative estimate of drug-likeness (QED) is 0.861. The molecule has 2 unspecified atom stereocenters. The van der Waals surface area contributed by atoms with Gasteiger partial charge in [-0.15, -0.1) is 0 Å². The number of hydrogen-bond donors (Lipinski definition) is 2. The molecule has 1 heterocycles. The van der Waals surface area contributed by atoms with E-state index >= 15 is 0 Å². The molecule has 5 heteroatoms. The third kappa shape index (κ3) is 3.26. The number of amidine groups is 1. The average molecular weight is 263 g/mol. The predicted octanol–water partition coefficient (Wildman–Crippen LogP) is 2.47. The van der Waals surface area contributed by atoms with Gasteiger partial charge in [-0.25, -0.2) is 0 Å². The van der Waals surface area contributed by atoms with Gasteiger partial charge in [-0.1, -0.05) is 18.7 Å². The van der Waals surface area contributed by atoms with Gasteiger partial charge in [-0.2, -0.15) is 0 Å². The van der Waals surface area contributed by atoms with E-state index in [1.165, 1.54) is 0 Å². The van der Waals surface area contributed by atoms with Crippen LogP contribution >= 0.6 is 11.8 Å². The molecule has 4 nitrogen and oxygen atoms in total. The molecule has 0 fully saturated rings. The van der Waals surface area contributed by atoms with E-state index in [1.54, 1.807) is 23.9 Å². The van der Waals surface area contributed by atoms with Gasteiger partial charge in [-0.05, 0) is 37.6 Å². The maximum Gasteiger partial charge on any atom is 0.248 e. The SMILES string of the molecule is CC1CC(C)SC(Nc2ccc(C(N)=O)cc2)=N1. The Bertz CT molecular complexity index is 470. The molecule has 0 saturated carbocycles. The Morgan fingerprint density at radius 2 is 2.06 bits per heavy atom. The Hall–Kier alpha value is -1.49. The van der Waals surface area contributed by atoms with E-state index in [9.17, 15) is 4.79 Å². The van der Waals surface area contributed by atoms with Gasteiger partial charge in [0.25, 0.3) is 0 Å². The van der Waals surface area contributed by atoms with Crippen LogP contribution in [0.15, 0.2) is 29.3 Å². The molecule has 0 aromatic heterocycles. The molecule has 0 aliphatic carbocycles. The molecule has 1 aromatic rings. The standard InChI is InChI=1S/C13H17N3OS/c1-8-7-9(2)18-13(15-8)16-11-5-3-10(4-6-11)12(14)17/h3-6,8-9H,7H2,1-2H3,(H2,14,17)(H,15,16). The zero-order chi connectivity index (χ0) is 13.1. The number of amides is 1. The first-order valence-corrected chi connectivity index (χ1v) is 6.84. The highest BCUT2D eigenvalue weighted by Gasteiger charge is 2.18. The number of hydrogen-bond acceptors (Lipinski definition) is 4. The van der Waals surface area contributed by atoms with Crippen LogP contribution in [-0.4, -0.2) is 22.4 Å². The maximum atomic E-state index is 11.0. The molecule has 96 valence electrons. The molecule has 18 heavy (non-hydrogen) atoms. The van der Waals surface area contributed by atoms with Crippen molar-refractivity contribution in [2.24, 2.45) is 10.7 Å². The van der Waals surface area contributed by atoms with Crippen molar-refractivity contribution in [1.29, 1.82) is 0 Å². The monoisotopic (exact) mass is 263 g/mol. The lowest BCUT2D eigenvalue weighted by Crippen LogP contribution is -2.22. The first-order valence-electron chi connectivity index (χ1n) is 5.96. The fourth-order valence-electron chi connectivity index (χ4n) is 1.91. The number of rotatable bonds is 2. The molecule has 2 atom stereocenters. The number of anilines is 1. The van der Waals surface area contributed by atoms with E-state index in [-0.39, 0.29) is 0 Å². The molecular formula is C13H17N3OS. The Balaban J connectivity index is 2.07. The van der Waals surface area contributed by atoms with Gasteiger partial charge < -0.3 is 11.1 Å². The minimum absolute atomic E-state index is 0.355. The van der Waals surface area contributed by atoms with Crippen LogP contribution in [-0.2, 0) is 0 Å². The summed E-state index contributed by atoms with van der Waals surface area (Å²) in [7, 11) is 0. The number of thioether (sulfide) groups is 1.